The average molecular weight is 367 g/mol. The Hall–Kier alpha value is -3.28. The molecule has 0 spiro atoms. The number of nitrogens with one attached hydrogen (secondary N) is 1. The topological polar surface area (TPSA) is 77.6 Å². The highest BCUT2D eigenvalue weighted by Crippen LogP contribution is 2.22. The fourth-order valence-electron chi connectivity index (χ4n) is 2.82. The molecule has 0 aliphatic heterocycles. The van der Waals surface area contributed by atoms with Crippen molar-refractivity contribution in [3.05, 3.63) is 59.8 Å². The van der Waals surface area contributed by atoms with Crippen LogP contribution in [0.5, 0.6) is 11.5 Å². The van der Waals surface area contributed by atoms with Gasteiger partial charge in [-0.2, -0.15) is 0 Å². The first-order chi connectivity index (χ1) is 13.1. The minimum absolute atomic E-state index is 0.257. The molecule has 0 aliphatic rings. The van der Waals surface area contributed by atoms with Crippen molar-refractivity contribution in [3.63, 3.8) is 0 Å². The van der Waals surface area contributed by atoms with Gasteiger partial charge < -0.3 is 19.2 Å². The van der Waals surface area contributed by atoms with Crippen LogP contribution in [0, 0.1) is 0 Å². The molecular weight excluding hydrogens is 346 g/mol. The molecule has 6 nitrogen and oxygen atoms in total. The fraction of sp³-hybridized carbons (Fsp3) is 0.238. The molecule has 27 heavy (non-hydrogen) atoms. The van der Waals surface area contributed by atoms with Crippen LogP contribution in [-0.4, -0.2) is 37.1 Å². The Morgan fingerprint density at radius 3 is 2.44 bits per heavy atom. The molecule has 140 valence electrons. The van der Waals surface area contributed by atoms with E-state index in [1.165, 1.54) is 0 Å². The summed E-state index contributed by atoms with van der Waals surface area (Å²) >= 11 is 0. The summed E-state index contributed by atoms with van der Waals surface area (Å²) in [5, 5.41) is 0.838. The summed E-state index contributed by atoms with van der Waals surface area (Å²) in [5.74, 6) is 0.351. The molecule has 0 atom stereocenters. The molecule has 1 N–H and O–H groups in total. The normalized spacial score (nSPS) is 10.6. The number of hydrogen-bond acceptors (Lipinski definition) is 5. The van der Waals surface area contributed by atoms with Crippen LogP contribution < -0.4 is 9.47 Å². The molecule has 6 heteroatoms. The number of carbonyl (C=O) groups is 2. The van der Waals surface area contributed by atoms with Gasteiger partial charge >= 0.3 is 5.97 Å². The second-order valence-corrected chi connectivity index (χ2v) is 5.94. The third kappa shape index (κ3) is 4.28. The van der Waals surface area contributed by atoms with E-state index >= 15 is 0 Å². The molecule has 3 rings (SSSR count). The van der Waals surface area contributed by atoms with Crippen molar-refractivity contribution in [1.82, 2.24) is 4.98 Å². The van der Waals surface area contributed by atoms with Gasteiger partial charge in [0.2, 0.25) is 5.78 Å². The largest absolute Gasteiger partial charge is 0.497 e. The van der Waals surface area contributed by atoms with E-state index in [-0.39, 0.29) is 19.0 Å². The van der Waals surface area contributed by atoms with Gasteiger partial charge in [-0.05, 0) is 36.2 Å². The lowest BCUT2D eigenvalue weighted by molar-refractivity contribution is -0.144. The zero-order valence-corrected chi connectivity index (χ0v) is 15.3. The smallest absolute Gasteiger partial charge is 0.344 e. The van der Waals surface area contributed by atoms with Gasteiger partial charge in [-0.15, -0.1) is 0 Å². The molecule has 0 aliphatic carbocycles. The Morgan fingerprint density at radius 2 is 1.74 bits per heavy atom. The Morgan fingerprint density at radius 1 is 1.00 bits per heavy atom. The number of ketones is 1. The maximum atomic E-state index is 12.4. The van der Waals surface area contributed by atoms with Crippen LogP contribution in [0.2, 0.25) is 0 Å². The number of methoxy groups -OCH3 is 1. The maximum Gasteiger partial charge on any atom is 0.344 e. The van der Waals surface area contributed by atoms with Crippen molar-refractivity contribution < 1.29 is 23.8 Å². The minimum atomic E-state index is -0.603. The molecule has 2 aromatic carbocycles. The number of aromatic nitrogens is 1. The van der Waals surface area contributed by atoms with E-state index in [4.69, 9.17) is 14.2 Å². The van der Waals surface area contributed by atoms with Crippen molar-refractivity contribution >= 4 is 22.7 Å². The number of hydrogen-bond donors (Lipinski definition) is 1. The van der Waals surface area contributed by atoms with Crippen LogP contribution in [-0.2, 0) is 16.0 Å². The third-order valence-electron chi connectivity index (χ3n) is 4.26. The summed E-state index contributed by atoms with van der Waals surface area (Å²) in [6.45, 7) is 1.46. The zero-order valence-electron chi connectivity index (χ0n) is 15.3. The van der Waals surface area contributed by atoms with Gasteiger partial charge in [-0.25, -0.2) is 4.79 Å². The molecule has 0 radical (unpaired) electrons. The number of para-hydroxylation sites is 1. The van der Waals surface area contributed by atoms with E-state index < -0.39 is 5.97 Å². The third-order valence-corrected chi connectivity index (χ3v) is 4.26. The first-order valence-corrected chi connectivity index (χ1v) is 8.67. The molecule has 0 bridgehead atoms. The van der Waals surface area contributed by atoms with Gasteiger partial charge in [0.05, 0.1) is 7.11 Å². The molecule has 3 aromatic rings. The Kier molecular flexibility index (Phi) is 5.76. The summed E-state index contributed by atoms with van der Waals surface area (Å²) in [5.41, 5.74) is 2.60. The number of benzene rings is 2. The molecule has 1 aromatic heterocycles. The molecule has 0 saturated carbocycles. The highest BCUT2D eigenvalue weighted by molar-refractivity contribution is 6.09. The van der Waals surface area contributed by atoms with Crippen molar-refractivity contribution in [3.8, 4) is 11.5 Å². The Labute approximate surface area is 157 Å². The van der Waals surface area contributed by atoms with Gasteiger partial charge in [-0.3, -0.25) is 4.79 Å². The van der Waals surface area contributed by atoms with Gasteiger partial charge in [0, 0.05) is 22.7 Å². The van der Waals surface area contributed by atoms with Gasteiger partial charge in [0.25, 0.3) is 0 Å². The molecule has 0 saturated heterocycles. The van der Waals surface area contributed by atoms with Crippen LogP contribution in [0.1, 0.15) is 22.8 Å². The number of Topliss-reactive ketones (excluding diaryl/α,β-unsaturated/α-hetero) is 1. The van der Waals surface area contributed by atoms with Crippen LogP contribution in [0.3, 0.4) is 0 Å². The average Bonchev–Trinajstić information content (AvgIpc) is 3.15. The maximum absolute atomic E-state index is 12.4. The van der Waals surface area contributed by atoms with Crippen molar-refractivity contribution in [1.29, 1.82) is 0 Å². The summed E-state index contributed by atoms with van der Waals surface area (Å²) in [6.07, 6.45) is 2.52. The first kappa shape index (κ1) is 18.5. The summed E-state index contributed by atoms with van der Waals surface area (Å²) < 4.78 is 15.4. The molecule has 0 unspecified atom stereocenters. The number of esters is 1. The number of carbonyl (C=O) groups excluding carboxylic acids is 2. The van der Waals surface area contributed by atoms with E-state index in [0.29, 0.717) is 17.1 Å². The monoisotopic (exact) mass is 367 g/mol. The lowest BCUT2D eigenvalue weighted by Gasteiger charge is -2.07. The standard InChI is InChI=1S/C21H21NO5/c1-3-14-5-4-6-17-18(11-22-21(14)17)19(23)12-27-20(24)13-26-16-9-7-15(25-2)8-10-16/h4-11,22H,3,12-13H2,1-2H3. The first-order valence-electron chi connectivity index (χ1n) is 8.67. The molecule has 0 fully saturated rings. The van der Waals surface area contributed by atoms with Crippen LogP contribution >= 0.6 is 0 Å². The highest BCUT2D eigenvalue weighted by atomic mass is 16.6. The number of fused-ring (bicyclic) bond motifs is 1. The lowest BCUT2D eigenvalue weighted by Crippen LogP contribution is -2.19. The van der Waals surface area contributed by atoms with Gasteiger partial charge in [-0.1, -0.05) is 25.1 Å². The fourth-order valence-corrected chi connectivity index (χ4v) is 2.82. The summed E-state index contributed by atoms with van der Waals surface area (Å²) in [6, 6.07) is 12.7. The molecule has 1 heterocycles. The van der Waals surface area contributed by atoms with Gasteiger partial charge in [0.1, 0.15) is 11.5 Å². The quantitative estimate of drug-likeness (QED) is 0.487. The lowest BCUT2D eigenvalue weighted by atomic mass is 10.1. The van der Waals surface area contributed by atoms with E-state index in [0.717, 1.165) is 22.9 Å². The number of H-pyrrole nitrogens is 1. The number of aryl methyl sites for hydroxylation is 1. The summed E-state index contributed by atoms with van der Waals surface area (Å²) in [4.78, 5) is 27.4. The Balaban J connectivity index is 1.55. The Bertz CT molecular complexity index is 943. The SMILES string of the molecule is CCc1cccc2c(C(=O)COC(=O)COc3ccc(OC)cc3)c[nH]c12. The minimum Gasteiger partial charge on any atom is -0.497 e. The second-order valence-electron chi connectivity index (χ2n) is 5.94. The summed E-state index contributed by atoms with van der Waals surface area (Å²) in [7, 11) is 1.57. The molecular formula is C21H21NO5. The van der Waals surface area contributed by atoms with Crippen LogP contribution in [0.4, 0.5) is 0 Å². The van der Waals surface area contributed by atoms with Crippen molar-refractivity contribution in [2.75, 3.05) is 20.3 Å². The highest BCUT2D eigenvalue weighted by Gasteiger charge is 2.15. The van der Waals surface area contributed by atoms with Gasteiger partial charge in [0.15, 0.2) is 13.2 Å². The molecule has 0 amide bonds. The van der Waals surface area contributed by atoms with E-state index in [1.54, 1.807) is 37.6 Å². The van der Waals surface area contributed by atoms with E-state index in [2.05, 4.69) is 11.9 Å². The van der Waals surface area contributed by atoms with E-state index in [1.807, 2.05) is 18.2 Å². The number of rotatable bonds is 8. The van der Waals surface area contributed by atoms with Crippen LogP contribution in [0.25, 0.3) is 10.9 Å². The van der Waals surface area contributed by atoms with Crippen molar-refractivity contribution in [2.45, 2.75) is 13.3 Å². The second kappa shape index (κ2) is 8.40. The number of ether oxygens (including phenoxy) is 3. The van der Waals surface area contributed by atoms with Crippen LogP contribution in [0.15, 0.2) is 48.7 Å². The van der Waals surface area contributed by atoms with Crippen molar-refractivity contribution in [2.24, 2.45) is 0 Å². The number of aromatic amines is 1. The zero-order chi connectivity index (χ0) is 19.2. The predicted molar refractivity (Wildman–Crippen MR) is 101 cm³/mol. The predicted octanol–water partition coefficient (Wildman–Crippen LogP) is 3.54. The van der Waals surface area contributed by atoms with E-state index in [9.17, 15) is 9.59 Å².